The van der Waals surface area contributed by atoms with Gasteiger partial charge in [0.2, 0.25) is 0 Å². The van der Waals surface area contributed by atoms with Gasteiger partial charge in [0.15, 0.2) is 0 Å². The molecule has 1 aromatic carbocycles. The number of nitrogens with one attached hydrogen (secondary N) is 1. The Balaban J connectivity index is 2.27. The number of nitrogens with zero attached hydrogens (tertiary/aromatic N) is 1. The number of fused-ring (bicyclic) bond motifs is 1. The Bertz CT molecular complexity index is 729. The van der Waals surface area contributed by atoms with E-state index < -0.39 is 35.7 Å². The van der Waals surface area contributed by atoms with Gasteiger partial charge in [-0.3, -0.25) is 9.69 Å². The predicted molar refractivity (Wildman–Crippen MR) is 97.5 cm³/mol. The Morgan fingerprint density at radius 3 is 2.58 bits per heavy atom. The van der Waals surface area contributed by atoms with Crippen LogP contribution in [0.5, 0.6) is 0 Å². The van der Waals surface area contributed by atoms with E-state index in [0.717, 1.165) is 0 Å². The molecule has 2 rings (SSSR count). The number of anilines is 1. The molecule has 0 aliphatic carbocycles. The van der Waals surface area contributed by atoms with E-state index in [1.54, 1.807) is 45.9 Å². The van der Waals surface area contributed by atoms with Crippen molar-refractivity contribution in [2.75, 3.05) is 4.90 Å². The maximum absolute atomic E-state index is 13.0. The van der Waals surface area contributed by atoms with Crippen molar-refractivity contribution in [1.29, 1.82) is 0 Å². The number of carbonyl (C=O) groups is 3. The number of halogens is 1. The van der Waals surface area contributed by atoms with Crippen molar-refractivity contribution in [3.05, 3.63) is 28.8 Å². The summed E-state index contributed by atoms with van der Waals surface area (Å²) in [4.78, 5) is 37.9. The van der Waals surface area contributed by atoms with Crippen LogP contribution >= 0.6 is 11.6 Å². The second kappa shape index (κ2) is 7.53. The Hall–Kier alpha value is -2.28. The molecule has 2 amide bonds. The number of ether oxygens (including phenoxy) is 1. The van der Waals surface area contributed by atoms with E-state index in [0.29, 0.717) is 22.7 Å². The van der Waals surface area contributed by atoms with Gasteiger partial charge in [0, 0.05) is 17.1 Å². The van der Waals surface area contributed by atoms with Gasteiger partial charge < -0.3 is 15.2 Å². The summed E-state index contributed by atoms with van der Waals surface area (Å²) < 4.78 is 5.19. The van der Waals surface area contributed by atoms with Crippen molar-refractivity contribution in [3.63, 3.8) is 0 Å². The molecule has 1 heterocycles. The average molecular weight is 383 g/mol. The number of carbonyl (C=O) groups excluding carboxylic acids is 2. The summed E-state index contributed by atoms with van der Waals surface area (Å²) in [6, 6.07) is 2.95. The third-order valence-electron chi connectivity index (χ3n) is 3.95. The number of carboxylic acid groups (broad SMARTS) is 1. The molecule has 0 saturated carbocycles. The molecule has 2 N–H and O–H groups in total. The summed E-state index contributed by atoms with van der Waals surface area (Å²) in [6.45, 7) is 6.89. The first-order valence-corrected chi connectivity index (χ1v) is 8.75. The van der Waals surface area contributed by atoms with Gasteiger partial charge in [-0.15, -0.1) is 0 Å². The van der Waals surface area contributed by atoms with Crippen LogP contribution in [0.25, 0.3) is 0 Å². The van der Waals surface area contributed by atoms with Crippen LogP contribution in [0.2, 0.25) is 5.02 Å². The molecule has 8 heteroatoms. The summed E-state index contributed by atoms with van der Waals surface area (Å²) in [7, 11) is 0. The molecular formula is C18H23ClN2O5. The lowest BCUT2D eigenvalue weighted by atomic mass is 10.1. The van der Waals surface area contributed by atoms with Crippen LogP contribution in [0.15, 0.2) is 18.2 Å². The highest BCUT2D eigenvalue weighted by Crippen LogP contribution is 2.35. The molecule has 0 saturated heterocycles. The SMILES string of the molecule is CC[C@H](NC(=O)OC(C)(C)C)C(=O)N1c2ccc(Cl)cc2C[C@H]1C(=O)O. The Labute approximate surface area is 157 Å². The molecule has 2 atom stereocenters. The molecule has 0 fully saturated rings. The molecule has 1 aliphatic rings. The van der Waals surface area contributed by atoms with Gasteiger partial charge in [-0.05, 0) is 51.0 Å². The van der Waals surface area contributed by atoms with Crippen molar-refractivity contribution in [2.45, 2.75) is 58.2 Å². The fraction of sp³-hybridized carbons (Fsp3) is 0.500. The van der Waals surface area contributed by atoms with Gasteiger partial charge >= 0.3 is 12.1 Å². The molecule has 0 bridgehead atoms. The van der Waals surface area contributed by atoms with Crippen molar-refractivity contribution in [1.82, 2.24) is 5.32 Å². The third kappa shape index (κ3) is 4.46. The topological polar surface area (TPSA) is 95.9 Å². The number of hydrogen-bond acceptors (Lipinski definition) is 4. The number of hydrogen-bond donors (Lipinski definition) is 2. The maximum Gasteiger partial charge on any atom is 0.408 e. The Kier molecular flexibility index (Phi) is 5.81. The molecule has 26 heavy (non-hydrogen) atoms. The highest BCUT2D eigenvalue weighted by atomic mass is 35.5. The number of alkyl carbamates (subject to hydrolysis) is 1. The third-order valence-corrected chi connectivity index (χ3v) is 4.18. The van der Waals surface area contributed by atoms with Crippen LogP contribution < -0.4 is 10.2 Å². The van der Waals surface area contributed by atoms with E-state index in [1.165, 1.54) is 4.90 Å². The Morgan fingerprint density at radius 1 is 1.38 bits per heavy atom. The smallest absolute Gasteiger partial charge is 0.408 e. The molecular weight excluding hydrogens is 360 g/mol. The minimum atomic E-state index is -1.11. The van der Waals surface area contributed by atoms with E-state index in [2.05, 4.69) is 5.32 Å². The first-order valence-electron chi connectivity index (χ1n) is 8.37. The van der Waals surface area contributed by atoms with Crippen LogP contribution in [0.4, 0.5) is 10.5 Å². The largest absolute Gasteiger partial charge is 0.480 e. The van der Waals surface area contributed by atoms with E-state index in [1.807, 2.05) is 0 Å². The Morgan fingerprint density at radius 2 is 2.04 bits per heavy atom. The lowest BCUT2D eigenvalue weighted by Gasteiger charge is -2.28. The zero-order valence-corrected chi connectivity index (χ0v) is 16.0. The highest BCUT2D eigenvalue weighted by Gasteiger charge is 2.41. The van der Waals surface area contributed by atoms with Crippen molar-refractivity contribution < 1.29 is 24.2 Å². The molecule has 0 radical (unpaired) electrons. The number of aliphatic carboxylic acids is 1. The van der Waals surface area contributed by atoms with Crippen molar-refractivity contribution in [3.8, 4) is 0 Å². The van der Waals surface area contributed by atoms with Gasteiger partial charge in [0.1, 0.15) is 17.7 Å². The highest BCUT2D eigenvalue weighted by molar-refractivity contribution is 6.30. The fourth-order valence-corrected chi connectivity index (χ4v) is 3.04. The lowest BCUT2D eigenvalue weighted by molar-refractivity contribution is -0.140. The summed E-state index contributed by atoms with van der Waals surface area (Å²) in [5, 5.41) is 12.5. The molecule has 7 nitrogen and oxygen atoms in total. The second-order valence-corrected chi connectivity index (χ2v) is 7.58. The molecule has 142 valence electrons. The molecule has 0 aromatic heterocycles. The zero-order chi connectivity index (χ0) is 19.6. The van der Waals surface area contributed by atoms with Gasteiger partial charge in [0.05, 0.1) is 0 Å². The monoisotopic (exact) mass is 382 g/mol. The lowest BCUT2D eigenvalue weighted by Crippen LogP contribution is -2.53. The van der Waals surface area contributed by atoms with E-state index >= 15 is 0 Å². The number of rotatable bonds is 4. The van der Waals surface area contributed by atoms with Gasteiger partial charge in [-0.2, -0.15) is 0 Å². The van der Waals surface area contributed by atoms with E-state index in [4.69, 9.17) is 16.3 Å². The standard InChI is InChI=1S/C18H23ClN2O5/c1-5-12(20-17(25)26-18(2,3)4)15(22)21-13-7-6-11(19)8-10(13)9-14(21)16(23)24/h6-8,12,14H,5,9H2,1-4H3,(H,20,25)(H,23,24)/t12-,14-/m0/s1. The fourth-order valence-electron chi connectivity index (χ4n) is 2.85. The first kappa shape index (κ1) is 20.0. The van der Waals surface area contributed by atoms with Crippen LogP contribution in [0.3, 0.4) is 0 Å². The molecule has 1 aromatic rings. The van der Waals surface area contributed by atoms with Crippen LogP contribution in [0.1, 0.15) is 39.7 Å². The first-order chi connectivity index (χ1) is 12.0. The van der Waals surface area contributed by atoms with Gasteiger partial charge in [0.25, 0.3) is 5.91 Å². The van der Waals surface area contributed by atoms with Crippen LogP contribution in [-0.4, -0.2) is 40.8 Å². The normalized spacial score (nSPS) is 17.4. The summed E-state index contributed by atoms with van der Waals surface area (Å²) in [6.07, 6.45) is -0.260. The van der Waals surface area contributed by atoms with Crippen molar-refractivity contribution >= 4 is 35.3 Å². The summed E-state index contributed by atoms with van der Waals surface area (Å²) in [5.41, 5.74) is 0.480. The average Bonchev–Trinajstić information content (AvgIpc) is 2.88. The number of amides is 2. The van der Waals surface area contributed by atoms with Crippen molar-refractivity contribution in [2.24, 2.45) is 0 Å². The molecule has 0 spiro atoms. The second-order valence-electron chi connectivity index (χ2n) is 7.15. The number of carboxylic acids is 1. The van der Waals surface area contributed by atoms with Crippen LogP contribution in [-0.2, 0) is 20.7 Å². The maximum atomic E-state index is 13.0. The predicted octanol–water partition coefficient (Wildman–Crippen LogP) is 2.99. The van der Waals surface area contributed by atoms with E-state index in [-0.39, 0.29) is 6.42 Å². The zero-order valence-electron chi connectivity index (χ0n) is 15.2. The van der Waals surface area contributed by atoms with Gasteiger partial charge in [-0.1, -0.05) is 18.5 Å². The summed E-state index contributed by atoms with van der Waals surface area (Å²) >= 11 is 5.97. The molecule has 0 unspecified atom stereocenters. The minimum Gasteiger partial charge on any atom is -0.480 e. The van der Waals surface area contributed by atoms with E-state index in [9.17, 15) is 19.5 Å². The summed E-state index contributed by atoms with van der Waals surface area (Å²) in [5.74, 6) is -1.61. The minimum absolute atomic E-state index is 0.167. The molecule has 1 aliphatic heterocycles. The number of benzene rings is 1. The van der Waals surface area contributed by atoms with Gasteiger partial charge in [-0.25, -0.2) is 9.59 Å². The van der Waals surface area contributed by atoms with Crippen LogP contribution in [0, 0.1) is 0 Å². The quantitative estimate of drug-likeness (QED) is 0.834.